The van der Waals surface area contributed by atoms with E-state index in [9.17, 15) is 9.59 Å². The summed E-state index contributed by atoms with van der Waals surface area (Å²) in [6.45, 7) is 2.78. The molecule has 1 aromatic carbocycles. The van der Waals surface area contributed by atoms with Crippen molar-refractivity contribution in [3.63, 3.8) is 0 Å². The fourth-order valence-corrected chi connectivity index (χ4v) is 4.13. The minimum atomic E-state index is -0.413. The molecular weight excluding hydrogens is 374 g/mol. The quantitative estimate of drug-likeness (QED) is 0.664. The summed E-state index contributed by atoms with van der Waals surface area (Å²) < 4.78 is 5.78. The highest BCUT2D eigenvalue weighted by Gasteiger charge is 2.24. The molecule has 1 saturated heterocycles. The van der Waals surface area contributed by atoms with Gasteiger partial charge in [0.2, 0.25) is 11.8 Å². The minimum absolute atomic E-state index is 0.0398. The van der Waals surface area contributed by atoms with Crippen molar-refractivity contribution in [2.75, 3.05) is 31.1 Å². The largest absolute Gasteiger partial charge is 0.377 e. The van der Waals surface area contributed by atoms with Gasteiger partial charge in [-0.25, -0.2) is 0 Å². The highest BCUT2D eigenvalue weighted by Crippen LogP contribution is 2.19. The van der Waals surface area contributed by atoms with Crippen LogP contribution in [0.4, 0.5) is 5.69 Å². The lowest BCUT2D eigenvalue weighted by Gasteiger charge is -2.28. The van der Waals surface area contributed by atoms with Crippen molar-refractivity contribution in [3.05, 3.63) is 52.7 Å². The van der Waals surface area contributed by atoms with Crippen LogP contribution in [0.3, 0.4) is 0 Å². The maximum Gasteiger partial charge on any atom is 0.241 e. The first-order valence-corrected chi connectivity index (χ1v) is 10.5. The predicted octanol–water partition coefficient (Wildman–Crippen LogP) is 2.64. The number of nitrogens with zero attached hydrogens (tertiary/aromatic N) is 2. The van der Waals surface area contributed by atoms with Crippen LogP contribution in [-0.4, -0.2) is 49.1 Å². The number of nitrogens with two attached hydrogens (primary N) is 1. The smallest absolute Gasteiger partial charge is 0.241 e. The molecule has 3 rings (SSSR count). The van der Waals surface area contributed by atoms with Crippen LogP contribution in [0.25, 0.3) is 0 Å². The molecule has 2 heterocycles. The van der Waals surface area contributed by atoms with Crippen LogP contribution < -0.4 is 10.6 Å². The van der Waals surface area contributed by atoms with E-state index >= 15 is 0 Å². The van der Waals surface area contributed by atoms with E-state index in [2.05, 4.69) is 11.0 Å². The number of thiophene rings is 1. The zero-order chi connectivity index (χ0) is 19.8. The van der Waals surface area contributed by atoms with Crippen molar-refractivity contribution < 1.29 is 14.3 Å². The number of primary amides is 1. The summed E-state index contributed by atoms with van der Waals surface area (Å²) in [7, 11) is 0. The highest BCUT2D eigenvalue weighted by molar-refractivity contribution is 7.09. The maximum atomic E-state index is 13.2. The Bertz CT molecular complexity index is 746. The SMILES string of the molecule is NC(=O)CCN(C(=O)CN(Cc1cccs1)CC1CCCO1)c1ccccc1. The van der Waals surface area contributed by atoms with Crippen LogP contribution >= 0.6 is 11.3 Å². The van der Waals surface area contributed by atoms with Crippen molar-refractivity contribution in [1.29, 1.82) is 0 Å². The van der Waals surface area contributed by atoms with Crippen molar-refractivity contribution in [2.45, 2.75) is 31.9 Å². The summed E-state index contributed by atoms with van der Waals surface area (Å²) in [5.74, 6) is -0.453. The Morgan fingerprint density at radius 2 is 2.00 bits per heavy atom. The van der Waals surface area contributed by atoms with E-state index in [-0.39, 0.29) is 31.5 Å². The number of ether oxygens (including phenoxy) is 1. The van der Waals surface area contributed by atoms with Crippen molar-refractivity contribution >= 4 is 28.8 Å². The molecule has 6 nitrogen and oxygen atoms in total. The number of carbonyl (C=O) groups excluding carboxylic acids is 2. The highest BCUT2D eigenvalue weighted by atomic mass is 32.1. The second kappa shape index (κ2) is 10.4. The summed E-state index contributed by atoms with van der Waals surface area (Å²) in [6.07, 6.45) is 2.40. The van der Waals surface area contributed by atoms with Crippen molar-refractivity contribution in [1.82, 2.24) is 4.90 Å². The molecule has 2 amide bonds. The molecule has 7 heteroatoms. The minimum Gasteiger partial charge on any atom is -0.377 e. The van der Waals surface area contributed by atoms with Gasteiger partial charge in [-0.1, -0.05) is 24.3 Å². The molecule has 150 valence electrons. The summed E-state index contributed by atoms with van der Waals surface area (Å²) in [5.41, 5.74) is 6.10. The Balaban J connectivity index is 1.71. The van der Waals surface area contributed by atoms with Gasteiger partial charge in [0.25, 0.3) is 0 Å². The van der Waals surface area contributed by atoms with E-state index in [0.717, 1.165) is 31.7 Å². The van der Waals surface area contributed by atoms with Crippen LogP contribution in [0.15, 0.2) is 47.8 Å². The second-order valence-electron chi connectivity index (χ2n) is 6.98. The third-order valence-electron chi connectivity index (χ3n) is 4.75. The van der Waals surface area contributed by atoms with E-state index in [4.69, 9.17) is 10.5 Å². The van der Waals surface area contributed by atoms with Gasteiger partial charge in [0.1, 0.15) is 0 Å². The summed E-state index contributed by atoms with van der Waals surface area (Å²) >= 11 is 1.69. The van der Waals surface area contributed by atoms with Gasteiger partial charge in [0.15, 0.2) is 0 Å². The molecule has 1 aliphatic heterocycles. The standard InChI is InChI=1S/C21H27N3O3S/c22-20(25)10-11-24(17-6-2-1-3-7-17)21(26)16-23(14-18-8-4-12-27-18)15-19-9-5-13-28-19/h1-3,5-7,9,13,18H,4,8,10-12,14-16H2,(H2,22,25). The molecule has 1 aromatic heterocycles. The number of carbonyl (C=O) groups is 2. The van der Waals surface area contributed by atoms with Gasteiger partial charge in [-0.3, -0.25) is 14.5 Å². The average Bonchev–Trinajstić information content (AvgIpc) is 3.37. The predicted molar refractivity (Wildman–Crippen MR) is 111 cm³/mol. The van der Waals surface area contributed by atoms with Gasteiger partial charge in [-0.2, -0.15) is 0 Å². The Labute approximate surface area is 169 Å². The number of rotatable bonds is 10. The number of hydrogen-bond donors (Lipinski definition) is 1. The topological polar surface area (TPSA) is 75.9 Å². The van der Waals surface area contributed by atoms with Gasteiger partial charge >= 0.3 is 0 Å². The van der Waals surface area contributed by atoms with Gasteiger partial charge in [-0.15, -0.1) is 11.3 Å². The maximum absolute atomic E-state index is 13.2. The first-order valence-electron chi connectivity index (χ1n) is 9.62. The van der Waals surface area contributed by atoms with Gasteiger partial charge in [-0.05, 0) is 36.4 Å². The molecular formula is C21H27N3O3S. The zero-order valence-corrected chi connectivity index (χ0v) is 16.8. The second-order valence-corrected chi connectivity index (χ2v) is 8.01. The van der Waals surface area contributed by atoms with Crippen LogP contribution in [0.5, 0.6) is 0 Å². The average molecular weight is 402 g/mol. The first kappa shape index (κ1) is 20.5. The summed E-state index contributed by atoms with van der Waals surface area (Å²) in [5, 5.41) is 2.05. The lowest BCUT2D eigenvalue weighted by molar-refractivity contribution is -0.120. The molecule has 0 radical (unpaired) electrons. The lowest BCUT2D eigenvalue weighted by atomic mass is 10.2. The number of amides is 2. The first-order chi connectivity index (χ1) is 13.6. The zero-order valence-electron chi connectivity index (χ0n) is 16.0. The van der Waals surface area contributed by atoms with E-state index in [1.807, 2.05) is 41.8 Å². The summed E-state index contributed by atoms with van der Waals surface area (Å²) in [4.78, 5) is 29.5. The molecule has 1 fully saturated rings. The fraction of sp³-hybridized carbons (Fsp3) is 0.429. The monoisotopic (exact) mass is 401 g/mol. The third-order valence-corrected chi connectivity index (χ3v) is 5.62. The Kier molecular flexibility index (Phi) is 7.59. The number of hydrogen-bond acceptors (Lipinski definition) is 5. The molecule has 0 spiro atoms. The van der Waals surface area contributed by atoms with E-state index in [1.54, 1.807) is 16.2 Å². The van der Waals surface area contributed by atoms with Crippen molar-refractivity contribution in [3.8, 4) is 0 Å². The molecule has 0 saturated carbocycles. The molecule has 1 atom stereocenters. The molecule has 1 aliphatic rings. The molecule has 0 aliphatic carbocycles. The molecule has 28 heavy (non-hydrogen) atoms. The fourth-order valence-electron chi connectivity index (χ4n) is 3.39. The Morgan fingerprint density at radius 3 is 2.64 bits per heavy atom. The number of anilines is 1. The normalized spacial score (nSPS) is 16.4. The van der Waals surface area contributed by atoms with Crippen molar-refractivity contribution in [2.24, 2.45) is 5.73 Å². The molecule has 2 aromatic rings. The van der Waals surface area contributed by atoms with Crippen LogP contribution in [0.2, 0.25) is 0 Å². The van der Waals surface area contributed by atoms with Crippen LogP contribution in [0.1, 0.15) is 24.1 Å². The number of benzene rings is 1. The Morgan fingerprint density at radius 1 is 1.18 bits per heavy atom. The summed E-state index contributed by atoms with van der Waals surface area (Å²) in [6, 6.07) is 13.5. The Hall–Kier alpha value is -2.22. The van der Waals surface area contributed by atoms with E-state index < -0.39 is 5.91 Å². The van der Waals surface area contributed by atoms with E-state index in [1.165, 1.54) is 4.88 Å². The molecule has 0 bridgehead atoms. The lowest BCUT2D eigenvalue weighted by Crippen LogP contribution is -2.43. The van der Waals surface area contributed by atoms with E-state index in [0.29, 0.717) is 6.54 Å². The van der Waals surface area contributed by atoms with Gasteiger partial charge in [0, 0.05) is 43.2 Å². The molecule has 2 N–H and O–H groups in total. The van der Waals surface area contributed by atoms with Gasteiger partial charge < -0.3 is 15.4 Å². The van der Waals surface area contributed by atoms with Gasteiger partial charge in [0.05, 0.1) is 12.6 Å². The van der Waals surface area contributed by atoms with Crippen LogP contribution in [-0.2, 0) is 20.9 Å². The number of para-hydroxylation sites is 1. The van der Waals surface area contributed by atoms with Crippen LogP contribution in [0, 0.1) is 0 Å². The molecule has 1 unspecified atom stereocenters. The third kappa shape index (κ3) is 6.15.